The highest BCUT2D eigenvalue weighted by Crippen LogP contribution is 2.26. The van der Waals surface area contributed by atoms with E-state index in [1.54, 1.807) is 11.8 Å². The molecular weight excluding hydrogens is 304 g/mol. The molecule has 0 amide bonds. The summed E-state index contributed by atoms with van der Waals surface area (Å²) in [4.78, 5) is 12.4. The zero-order valence-electron chi connectivity index (χ0n) is 11.8. The van der Waals surface area contributed by atoms with Gasteiger partial charge in [-0.3, -0.25) is 0 Å². The zero-order valence-corrected chi connectivity index (χ0v) is 13.3. The molecule has 0 spiro atoms. The number of aromatic amines is 1. The molecular formula is C15H15ClN4S. The highest BCUT2D eigenvalue weighted by Gasteiger charge is 2.08. The number of rotatable bonds is 4. The van der Waals surface area contributed by atoms with E-state index in [1.165, 1.54) is 5.56 Å². The molecule has 0 saturated carbocycles. The van der Waals surface area contributed by atoms with Crippen LogP contribution < -0.4 is 5.32 Å². The summed E-state index contributed by atoms with van der Waals surface area (Å²) in [5.41, 5.74) is 4.10. The van der Waals surface area contributed by atoms with Crippen molar-refractivity contribution in [3.05, 3.63) is 46.6 Å². The van der Waals surface area contributed by atoms with Gasteiger partial charge in [0.2, 0.25) is 0 Å². The van der Waals surface area contributed by atoms with Crippen molar-refractivity contribution in [1.82, 2.24) is 15.0 Å². The predicted octanol–water partition coefficient (Wildman–Crippen LogP) is 4.25. The smallest absolute Gasteiger partial charge is 0.166 e. The van der Waals surface area contributed by atoms with Crippen molar-refractivity contribution in [1.29, 1.82) is 0 Å². The molecule has 0 aliphatic heterocycles. The van der Waals surface area contributed by atoms with Crippen LogP contribution >= 0.6 is 23.4 Å². The van der Waals surface area contributed by atoms with Crippen molar-refractivity contribution >= 4 is 40.2 Å². The van der Waals surface area contributed by atoms with Crippen molar-refractivity contribution in [2.24, 2.45) is 0 Å². The first-order valence-corrected chi connectivity index (χ1v) is 7.94. The molecule has 4 nitrogen and oxygen atoms in total. The van der Waals surface area contributed by atoms with Crippen molar-refractivity contribution in [2.45, 2.75) is 17.8 Å². The van der Waals surface area contributed by atoms with Gasteiger partial charge in [0, 0.05) is 12.8 Å². The van der Waals surface area contributed by atoms with E-state index in [4.69, 9.17) is 11.6 Å². The van der Waals surface area contributed by atoms with E-state index < -0.39 is 0 Å². The summed E-state index contributed by atoms with van der Waals surface area (Å²) in [5, 5.41) is 4.57. The molecule has 6 heteroatoms. The van der Waals surface area contributed by atoms with Crippen LogP contribution in [0.3, 0.4) is 0 Å². The van der Waals surface area contributed by atoms with Gasteiger partial charge in [-0.25, -0.2) is 9.97 Å². The Morgan fingerprint density at radius 1 is 1.24 bits per heavy atom. The number of aromatic nitrogens is 3. The average molecular weight is 319 g/mol. The minimum atomic E-state index is 0.674. The molecule has 2 heterocycles. The number of pyridine rings is 1. The van der Waals surface area contributed by atoms with E-state index in [0.717, 1.165) is 27.7 Å². The van der Waals surface area contributed by atoms with Crippen LogP contribution in [0, 0.1) is 6.92 Å². The third kappa shape index (κ3) is 3.14. The summed E-state index contributed by atoms with van der Waals surface area (Å²) < 4.78 is 0. The Morgan fingerprint density at radius 2 is 2.10 bits per heavy atom. The summed E-state index contributed by atoms with van der Waals surface area (Å²) in [6.45, 7) is 2.07. The van der Waals surface area contributed by atoms with Crippen LogP contribution in [0.1, 0.15) is 11.3 Å². The van der Waals surface area contributed by atoms with E-state index in [-0.39, 0.29) is 0 Å². The van der Waals surface area contributed by atoms with Gasteiger partial charge < -0.3 is 10.3 Å². The van der Waals surface area contributed by atoms with Crippen molar-refractivity contribution in [2.75, 3.05) is 12.4 Å². The van der Waals surface area contributed by atoms with Crippen LogP contribution in [0.25, 0.3) is 11.0 Å². The number of anilines is 1. The van der Waals surface area contributed by atoms with Gasteiger partial charge >= 0.3 is 0 Å². The molecule has 1 aromatic carbocycles. The maximum Gasteiger partial charge on any atom is 0.166 e. The Bertz CT molecular complexity index is 784. The molecule has 0 aliphatic rings. The van der Waals surface area contributed by atoms with Gasteiger partial charge in [0.05, 0.1) is 21.7 Å². The quantitative estimate of drug-likeness (QED) is 0.706. The number of hydrogen-bond donors (Lipinski definition) is 2. The lowest BCUT2D eigenvalue weighted by Gasteiger charge is -2.05. The number of nitrogens with one attached hydrogen (secondary N) is 2. The normalized spacial score (nSPS) is 11.0. The lowest BCUT2D eigenvalue weighted by molar-refractivity contribution is 1.07. The van der Waals surface area contributed by atoms with Gasteiger partial charge in [-0.05, 0) is 36.8 Å². The molecule has 0 aliphatic carbocycles. The predicted molar refractivity (Wildman–Crippen MR) is 89.2 cm³/mol. The molecule has 2 N–H and O–H groups in total. The molecule has 21 heavy (non-hydrogen) atoms. The lowest BCUT2D eigenvalue weighted by atomic mass is 10.2. The van der Waals surface area contributed by atoms with Gasteiger partial charge in [0.25, 0.3) is 0 Å². The summed E-state index contributed by atoms with van der Waals surface area (Å²) in [5.74, 6) is 1.49. The molecule has 0 unspecified atom stereocenters. The zero-order chi connectivity index (χ0) is 14.8. The number of aryl methyl sites for hydroxylation is 1. The molecule has 2 aromatic heterocycles. The number of nitrogens with zero attached hydrogens (tertiary/aromatic N) is 2. The van der Waals surface area contributed by atoms with E-state index in [9.17, 15) is 0 Å². The number of imidazole rings is 1. The third-order valence-corrected chi connectivity index (χ3v) is 4.36. The Labute approximate surface area is 132 Å². The van der Waals surface area contributed by atoms with Crippen LogP contribution in [0.4, 0.5) is 5.82 Å². The Morgan fingerprint density at radius 3 is 2.90 bits per heavy atom. The Hall–Kier alpha value is -1.72. The summed E-state index contributed by atoms with van der Waals surface area (Å²) in [6, 6.07) is 9.91. The highest BCUT2D eigenvalue weighted by atomic mass is 35.5. The molecule has 3 rings (SSSR count). The van der Waals surface area contributed by atoms with Gasteiger partial charge in [-0.15, -0.1) is 0 Å². The van der Waals surface area contributed by atoms with Crippen molar-refractivity contribution in [3.63, 3.8) is 0 Å². The number of thioether (sulfide) groups is 1. The minimum absolute atomic E-state index is 0.674. The second-order valence-corrected chi connectivity index (χ2v) is 6.10. The van der Waals surface area contributed by atoms with Crippen LogP contribution in [-0.2, 0) is 5.75 Å². The topological polar surface area (TPSA) is 53.6 Å². The number of halogens is 1. The molecule has 108 valence electrons. The number of fused-ring (bicyclic) bond motifs is 1. The Balaban J connectivity index is 1.80. The van der Waals surface area contributed by atoms with Crippen LogP contribution in [0.5, 0.6) is 0 Å². The highest BCUT2D eigenvalue weighted by molar-refractivity contribution is 7.98. The standard InChI is InChI=1S/C15H15ClN4S/c1-9-3-5-11-12(7-9)20-15(19-11)21-8-13-10(16)4-6-14(17-2)18-13/h3-7H,8H2,1-2H3,(H,17,18)(H,19,20). The first kappa shape index (κ1) is 14.2. The van der Waals surface area contributed by atoms with Crippen molar-refractivity contribution < 1.29 is 0 Å². The average Bonchev–Trinajstić information content (AvgIpc) is 2.88. The first-order valence-electron chi connectivity index (χ1n) is 6.58. The van der Waals surface area contributed by atoms with E-state index in [0.29, 0.717) is 10.8 Å². The fourth-order valence-electron chi connectivity index (χ4n) is 2.03. The summed E-state index contributed by atoms with van der Waals surface area (Å²) >= 11 is 7.78. The van der Waals surface area contributed by atoms with Crippen molar-refractivity contribution in [3.8, 4) is 0 Å². The second kappa shape index (κ2) is 5.95. The molecule has 0 fully saturated rings. The maximum absolute atomic E-state index is 6.18. The summed E-state index contributed by atoms with van der Waals surface area (Å²) in [7, 11) is 1.84. The number of benzene rings is 1. The molecule has 0 atom stereocenters. The van der Waals surface area contributed by atoms with E-state index >= 15 is 0 Å². The lowest BCUT2D eigenvalue weighted by Crippen LogP contribution is -1.96. The number of hydrogen-bond acceptors (Lipinski definition) is 4. The van der Waals surface area contributed by atoms with E-state index in [1.807, 2.05) is 25.2 Å². The molecule has 3 aromatic rings. The SMILES string of the molecule is CNc1ccc(Cl)c(CSc2nc3ccc(C)cc3[nH]2)n1. The van der Waals surface area contributed by atoms with Gasteiger partial charge in [0.15, 0.2) is 5.16 Å². The Kier molecular flexibility index (Phi) is 4.03. The van der Waals surface area contributed by atoms with E-state index in [2.05, 4.69) is 39.3 Å². The van der Waals surface area contributed by atoms with Gasteiger partial charge in [-0.2, -0.15) is 0 Å². The van der Waals surface area contributed by atoms with Gasteiger partial charge in [-0.1, -0.05) is 29.4 Å². The molecule has 0 radical (unpaired) electrons. The molecule has 0 saturated heterocycles. The first-order chi connectivity index (χ1) is 10.2. The minimum Gasteiger partial charge on any atom is -0.373 e. The van der Waals surface area contributed by atoms with Crippen LogP contribution in [0.2, 0.25) is 5.02 Å². The second-order valence-electron chi connectivity index (χ2n) is 4.73. The van der Waals surface area contributed by atoms with Gasteiger partial charge in [0.1, 0.15) is 5.82 Å². The fraction of sp³-hybridized carbons (Fsp3) is 0.200. The largest absolute Gasteiger partial charge is 0.373 e. The number of H-pyrrole nitrogens is 1. The fourth-order valence-corrected chi connectivity index (χ4v) is 3.12. The van der Waals surface area contributed by atoms with Crippen LogP contribution in [-0.4, -0.2) is 22.0 Å². The maximum atomic E-state index is 6.18. The summed E-state index contributed by atoms with van der Waals surface area (Å²) in [6.07, 6.45) is 0. The monoisotopic (exact) mass is 318 g/mol. The van der Waals surface area contributed by atoms with Crippen LogP contribution in [0.15, 0.2) is 35.5 Å². The third-order valence-electron chi connectivity index (χ3n) is 3.14. The molecule has 0 bridgehead atoms.